The fourth-order valence-electron chi connectivity index (χ4n) is 1.61. The SMILES string of the molecule is CCCCOC(=O)C=C1CC(=O)C(C)C1. The Morgan fingerprint density at radius 1 is 1.60 bits per heavy atom. The average Bonchev–Trinajstić information content (AvgIpc) is 2.46. The predicted molar refractivity (Wildman–Crippen MR) is 57.4 cm³/mol. The van der Waals surface area contributed by atoms with Crippen LogP contribution in [0.1, 0.15) is 39.5 Å². The highest BCUT2D eigenvalue weighted by atomic mass is 16.5. The molecule has 84 valence electrons. The first-order valence-electron chi connectivity index (χ1n) is 5.52. The third-order valence-electron chi connectivity index (χ3n) is 2.58. The number of carbonyl (C=O) groups excluding carboxylic acids is 2. The van der Waals surface area contributed by atoms with Gasteiger partial charge in [0.15, 0.2) is 0 Å². The minimum Gasteiger partial charge on any atom is -0.463 e. The third kappa shape index (κ3) is 3.86. The van der Waals surface area contributed by atoms with Gasteiger partial charge < -0.3 is 4.74 Å². The molecule has 0 spiro atoms. The first kappa shape index (κ1) is 12.0. The van der Waals surface area contributed by atoms with Crippen molar-refractivity contribution in [1.29, 1.82) is 0 Å². The fourth-order valence-corrected chi connectivity index (χ4v) is 1.61. The molecule has 0 radical (unpaired) electrons. The van der Waals surface area contributed by atoms with Crippen LogP contribution < -0.4 is 0 Å². The van der Waals surface area contributed by atoms with Gasteiger partial charge in [-0.05, 0) is 12.8 Å². The van der Waals surface area contributed by atoms with Gasteiger partial charge in [0.1, 0.15) is 5.78 Å². The number of hydrogen-bond donors (Lipinski definition) is 0. The van der Waals surface area contributed by atoms with E-state index in [-0.39, 0.29) is 17.7 Å². The van der Waals surface area contributed by atoms with Crippen LogP contribution in [0.3, 0.4) is 0 Å². The quantitative estimate of drug-likeness (QED) is 0.406. The number of allylic oxidation sites excluding steroid dienone is 1. The summed E-state index contributed by atoms with van der Waals surface area (Å²) in [6, 6.07) is 0. The standard InChI is InChI=1S/C12H18O3/c1-3-4-5-15-12(14)8-10-6-9(2)11(13)7-10/h8-9H,3-7H2,1-2H3. The molecule has 0 N–H and O–H groups in total. The van der Waals surface area contributed by atoms with Gasteiger partial charge in [0.25, 0.3) is 0 Å². The van der Waals surface area contributed by atoms with Crippen molar-refractivity contribution < 1.29 is 14.3 Å². The van der Waals surface area contributed by atoms with E-state index in [1.54, 1.807) is 0 Å². The lowest BCUT2D eigenvalue weighted by atomic mass is 10.1. The van der Waals surface area contributed by atoms with Crippen LogP contribution >= 0.6 is 0 Å². The maximum absolute atomic E-state index is 11.3. The van der Waals surface area contributed by atoms with Gasteiger partial charge in [-0.15, -0.1) is 0 Å². The van der Waals surface area contributed by atoms with E-state index in [0.717, 1.165) is 18.4 Å². The molecule has 1 fully saturated rings. The molecule has 0 aromatic heterocycles. The van der Waals surface area contributed by atoms with Crippen molar-refractivity contribution in [3.05, 3.63) is 11.6 Å². The normalized spacial score (nSPS) is 23.5. The Morgan fingerprint density at radius 3 is 2.87 bits per heavy atom. The summed E-state index contributed by atoms with van der Waals surface area (Å²) < 4.78 is 4.99. The highest BCUT2D eigenvalue weighted by molar-refractivity contribution is 5.90. The molecular weight excluding hydrogens is 192 g/mol. The maximum atomic E-state index is 11.3. The van der Waals surface area contributed by atoms with Crippen molar-refractivity contribution in [3.63, 3.8) is 0 Å². The van der Waals surface area contributed by atoms with E-state index in [0.29, 0.717) is 19.4 Å². The van der Waals surface area contributed by atoms with E-state index >= 15 is 0 Å². The van der Waals surface area contributed by atoms with Crippen molar-refractivity contribution in [2.24, 2.45) is 5.92 Å². The number of ketones is 1. The second kappa shape index (κ2) is 5.69. The number of ether oxygens (including phenoxy) is 1. The van der Waals surface area contributed by atoms with E-state index in [1.807, 2.05) is 13.8 Å². The van der Waals surface area contributed by atoms with Crippen LogP contribution in [0.15, 0.2) is 11.6 Å². The Kier molecular flexibility index (Phi) is 4.53. The Bertz CT molecular complexity index is 279. The monoisotopic (exact) mass is 210 g/mol. The second-order valence-electron chi connectivity index (χ2n) is 4.07. The number of carbonyl (C=O) groups is 2. The molecule has 15 heavy (non-hydrogen) atoms. The molecule has 1 rings (SSSR count). The number of hydrogen-bond acceptors (Lipinski definition) is 3. The number of rotatable bonds is 4. The van der Waals surface area contributed by atoms with Crippen molar-refractivity contribution in [3.8, 4) is 0 Å². The van der Waals surface area contributed by atoms with Gasteiger partial charge in [-0.3, -0.25) is 4.79 Å². The lowest BCUT2D eigenvalue weighted by molar-refractivity contribution is -0.137. The van der Waals surface area contributed by atoms with Crippen molar-refractivity contribution in [2.75, 3.05) is 6.61 Å². The molecule has 0 bridgehead atoms. The fraction of sp³-hybridized carbons (Fsp3) is 0.667. The second-order valence-corrected chi connectivity index (χ2v) is 4.07. The van der Waals surface area contributed by atoms with Crippen LogP contribution in [0.25, 0.3) is 0 Å². The zero-order valence-electron chi connectivity index (χ0n) is 9.41. The molecule has 1 aliphatic carbocycles. The Morgan fingerprint density at radius 2 is 2.33 bits per heavy atom. The molecule has 0 aromatic carbocycles. The summed E-state index contributed by atoms with van der Waals surface area (Å²) in [5.74, 6) is -0.0114. The minimum atomic E-state index is -0.305. The lowest BCUT2D eigenvalue weighted by Gasteiger charge is -2.00. The Balaban J connectivity index is 2.36. The van der Waals surface area contributed by atoms with Gasteiger partial charge in [-0.25, -0.2) is 4.79 Å². The van der Waals surface area contributed by atoms with Gasteiger partial charge in [0, 0.05) is 18.4 Å². The van der Waals surface area contributed by atoms with E-state index in [9.17, 15) is 9.59 Å². The summed E-state index contributed by atoms with van der Waals surface area (Å²) in [6.45, 7) is 4.41. The van der Waals surface area contributed by atoms with Crippen molar-refractivity contribution in [2.45, 2.75) is 39.5 Å². The molecular formula is C12H18O3. The van der Waals surface area contributed by atoms with Crippen LogP contribution in [0.4, 0.5) is 0 Å². The first-order valence-corrected chi connectivity index (χ1v) is 5.52. The number of Topliss-reactive ketones (excluding diaryl/α,β-unsaturated/α-hetero) is 1. The van der Waals surface area contributed by atoms with E-state index < -0.39 is 0 Å². The molecule has 0 aliphatic heterocycles. The molecule has 0 saturated heterocycles. The Hall–Kier alpha value is -1.12. The van der Waals surface area contributed by atoms with Gasteiger partial charge in [-0.1, -0.05) is 25.8 Å². The molecule has 1 saturated carbocycles. The van der Waals surface area contributed by atoms with Crippen LogP contribution in [0, 0.1) is 5.92 Å². The summed E-state index contributed by atoms with van der Waals surface area (Å²) >= 11 is 0. The lowest BCUT2D eigenvalue weighted by Crippen LogP contribution is -2.02. The molecule has 3 nitrogen and oxygen atoms in total. The zero-order valence-corrected chi connectivity index (χ0v) is 9.41. The number of unbranched alkanes of at least 4 members (excludes halogenated alkanes) is 1. The molecule has 1 unspecified atom stereocenters. The molecule has 1 aliphatic rings. The molecule has 3 heteroatoms. The highest BCUT2D eigenvalue weighted by Crippen LogP contribution is 2.26. The van der Waals surface area contributed by atoms with Crippen LogP contribution in [-0.2, 0) is 14.3 Å². The minimum absolute atomic E-state index is 0.0692. The summed E-state index contributed by atoms with van der Waals surface area (Å²) in [7, 11) is 0. The van der Waals surface area contributed by atoms with Crippen LogP contribution in [-0.4, -0.2) is 18.4 Å². The van der Waals surface area contributed by atoms with E-state index in [4.69, 9.17) is 4.74 Å². The Labute approximate surface area is 90.5 Å². The average molecular weight is 210 g/mol. The first-order chi connectivity index (χ1) is 7.13. The maximum Gasteiger partial charge on any atom is 0.330 e. The zero-order chi connectivity index (χ0) is 11.3. The van der Waals surface area contributed by atoms with Crippen molar-refractivity contribution >= 4 is 11.8 Å². The summed E-state index contributed by atoms with van der Waals surface area (Å²) in [4.78, 5) is 22.5. The van der Waals surface area contributed by atoms with Gasteiger partial charge >= 0.3 is 5.97 Å². The van der Waals surface area contributed by atoms with Crippen LogP contribution in [0.2, 0.25) is 0 Å². The molecule has 0 aromatic rings. The topological polar surface area (TPSA) is 43.4 Å². The summed E-state index contributed by atoms with van der Waals surface area (Å²) in [5, 5.41) is 0. The molecule has 1 atom stereocenters. The summed E-state index contributed by atoms with van der Waals surface area (Å²) in [5.41, 5.74) is 0.911. The van der Waals surface area contributed by atoms with E-state index in [2.05, 4.69) is 0 Å². The van der Waals surface area contributed by atoms with Gasteiger partial charge in [-0.2, -0.15) is 0 Å². The largest absolute Gasteiger partial charge is 0.463 e. The van der Waals surface area contributed by atoms with Crippen molar-refractivity contribution in [1.82, 2.24) is 0 Å². The number of esters is 1. The predicted octanol–water partition coefficient (Wildman–Crippen LogP) is 2.26. The third-order valence-corrected chi connectivity index (χ3v) is 2.58. The van der Waals surface area contributed by atoms with E-state index in [1.165, 1.54) is 6.08 Å². The highest BCUT2D eigenvalue weighted by Gasteiger charge is 2.24. The van der Waals surface area contributed by atoms with Gasteiger partial charge in [0.05, 0.1) is 6.61 Å². The smallest absolute Gasteiger partial charge is 0.330 e. The van der Waals surface area contributed by atoms with Crippen LogP contribution in [0.5, 0.6) is 0 Å². The molecule has 0 amide bonds. The summed E-state index contributed by atoms with van der Waals surface area (Å²) in [6.07, 6.45) is 4.52. The molecule has 0 heterocycles. The van der Waals surface area contributed by atoms with Gasteiger partial charge in [0.2, 0.25) is 0 Å².